The van der Waals surface area contributed by atoms with Gasteiger partial charge in [-0.05, 0) is 6.07 Å². The topological polar surface area (TPSA) is 42.0 Å². The van der Waals surface area contributed by atoms with Gasteiger partial charge in [-0.2, -0.15) is 0 Å². The van der Waals surface area contributed by atoms with Crippen LogP contribution in [0, 0.1) is 0 Å². The average molecular weight is 164 g/mol. The lowest BCUT2D eigenvalue weighted by Crippen LogP contribution is -1.98. The lowest BCUT2D eigenvalue weighted by atomic mass is 10.1. The van der Waals surface area contributed by atoms with E-state index in [1.807, 2.05) is 0 Å². The van der Waals surface area contributed by atoms with Crippen LogP contribution in [0.2, 0.25) is 0 Å². The van der Waals surface area contributed by atoms with Crippen molar-refractivity contribution in [2.24, 2.45) is 0 Å². The molecule has 0 aliphatic carbocycles. The minimum Gasteiger partial charge on any atom is -0.373 e. The molecular formula is C9H12N2O. The molecule has 0 unspecified atom stereocenters. The summed E-state index contributed by atoms with van der Waals surface area (Å²) in [7, 11) is 1.75. The molecule has 3 heteroatoms. The third-order valence-corrected chi connectivity index (χ3v) is 1.59. The monoisotopic (exact) mass is 164 g/mol. The second-order valence-corrected chi connectivity index (χ2v) is 2.23. The highest BCUT2D eigenvalue weighted by atomic mass is 16.1. The molecule has 0 saturated heterocycles. The molecule has 1 aromatic heterocycles. The van der Waals surface area contributed by atoms with E-state index in [1.165, 1.54) is 0 Å². The largest absolute Gasteiger partial charge is 0.373 e. The zero-order chi connectivity index (χ0) is 8.97. The van der Waals surface area contributed by atoms with Crippen LogP contribution in [0.25, 0.3) is 6.08 Å². The van der Waals surface area contributed by atoms with E-state index in [9.17, 15) is 4.79 Å². The number of anilines is 1. The third-order valence-electron chi connectivity index (χ3n) is 1.59. The molecule has 0 bridgehead atoms. The molecule has 1 rings (SSSR count). The quantitative estimate of drug-likeness (QED) is 0.693. The van der Waals surface area contributed by atoms with E-state index < -0.39 is 0 Å². The van der Waals surface area contributed by atoms with Crippen LogP contribution in [0.5, 0.6) is 0 Å². The van der Waals surface area contributed by atoms with Crippen LogP contribution in [-0.2, 0) is 0 Å². The Morgan fingerprint density at radius 3 is 3.00 bits per heavy atom. The molecule has 1 heterocycles. The number of hydrogen-bond acceptors (Lipinski definition) is 3. The fourth-order valence-corrected chi connectivity index (χ4v) is 1.00. The van der Waals surface area contributed by atoms with Crippen molar-refractivity contribution in [1.82, 2.24) is 4.98 Å². The first-order chi connectivity index (χ1) is 5.83. The summed E-state index contributed by atoms with van der Waals surface area (Å²) in [5.74, 6) is 0.676. The van der Waals surface area contributed by atoms with Crippen LogP contribution in [0.4, 0.5) is 5.82 Å². The molecule has 0 aliphatic heterocycles. The van der Waals surface area contributed by atoms with Gasteiger partial charge >= 0.3 is 0 Å². The van der Waals surface area contributed by atoms with E-state index >= 15 is 0 Å². The van der Waals surface area contributed by atoms with Gasteiger partial charge in [-0.1, -0.05) is 12.7 Å². The molecule has 0 atom stereocenters. The average Bonchev–Trinajstić information content (AvgIpc) is 2.16. The number of hydrogen-bond donors (Lipinski definition) is 1. The molecule has 3 nitrogen and oxygen atoms in total. The molecule has 1 N–H and O–H groups in total. The molecule has 0 amide bonds. The van der Waals surface area contributed by atoms with E-state index in [4.69, 9.17) is 0 Å². The Morgan fingerprint density at radius 2 is 2.50 bits per heavy atom. The van der Waals surface area contributed by atoms with Crippen LogP contribution in [0.15, 0.2) is 18.8 Å². The molecule has 0 fully saturated rings. The van der Waals surface area contributed by atoms with Crippen molar-refractivity contribution < 1.29 is 6.22 Å². The van der Waals surface area contributed by atoms with Crippen LogP contribution in [0.1, 0.15) is 17.3 Å². The summed E-state index contributed by atoms with van der Waals surface area (Å²) >= 11 is 0. The minimum atomic E-state index is 0. The molecule has 0 saturated carbocycles. The van der Waals surface area contributed by atoms with Crippen molar-refractivity contribution in [2.45, 2.75) is 0 Å². The normalized spacial score (nSPS) is 9.08. The molecule has 1 aromatic rings. The molecule has 0 radical (unpaired) electrons. The predicted molar refractivity (Wildman–Crippen MR) is 51.4 cm³/mol. The third kappa shape index (κ3) is 1.34. The Balaban J connectivity index is 0.00000144. The predicted octanol–water partition coefficient (Wildman–Crippen LogP) is 1.82. The second-order valence-electron chi connectivity index (χ2n) is 2.23. The van der Waals surface area contributed by atoms with E-state index in [1.54, 1.807) is 25.4 Å². The zero-order valence-electron chi connectivity index (χ0n) is 6.87. The number of nitrogens with zero attached hydrogens (tertiary/aromatic N) is 1. The summed E-state index contributed by atoms with van der Waals surface area (Å²) in [6, 6.07) is 1.66. The number of rotatable bonds is 3. The summed E-state index contributed by atoms with van der Waals surface area (Å²) in [6.07, 6.45) is 3.99. The highest BCUT2D eigenvalue weighted by Crippen LogP contribution is 2.15. The van der Waals surface area contributed by atoms with Crippen molar-refractivity contribution in [3.63, 3.8) is 0 Å². The Kier molecular flexibility index (Phi) is 2.58. The fourth-order valence-electron chi connectivity index (χ4n) is 1.00. The van der Waals surface area contributed by atoms with Crippen molar-refractivity contribution in [1.29, 1.82) is 0 Å². The lowest BCUT2D eigenvalue weighted by molar-refractivity contribution is 0.112. The van der Waals surface area contributed by atoms with Gasteiger partial charge in [0.15, 0.2) is 6.29 Å². The second kappa shape index (κ2) is 3.67. The van der Waals surface area contributed by atoms with E-state index in [2.05, 4.69) is 16.9 Å². The molecule has 0 spiro atoms. The van der Waals surface area contributed by atoms with Crippen LogP contribution < -0.4 is 5.32 Å². The maximum Gasteiger partial charge on any atom is 0.150 e. The van der Waals surface area contributed by atoms with E-state index in [-0.39, 0.29) is 1.43 Å². The summed E-state index contributed by atoms with van der Waals surface area (Å²) in [6.45, 7) is 3.61. The number of aromatic nitrogens is 1. The molecular weight excluding hydrogens is 152 g/mol. The highest BCUT2D eigenvalue weighted by molar-refractivity contribution is 5.85. The number of pyridine rings is 1. The smallest absolute Gasteiger partial charge is 0.150 e. The summed E-state index contributed by atoms with van der Waals surface area (Å²) < 4.78 is 0. The first-order valence-corrected chi connectivity index (χ1v) is 3.58. The van der Waals surface area contributed by atoms with Gasteiger partial charge in [-0.15, -0.1) is 0 Å². The van der Waals surface area contributed by atoms with Gasteiger partial charge in [-0.25, -0.2) is 4.98 Å². The fraction of sp³-hybridized carbons (Fsp3) is 0.111. The summed E-state index contributed by atoms with van der Waals surface area (Å²) in [5, 5.41) is 2.88. The maximum absolute atomic E-state index is 10.6. The Morgan fingerprint density at radius 1 is 1.75 bits per heavy atom. The van der Waals surface area contributed by atoms with Gasteiger partial charge in [0.1, 0.15) is 5.82 Å². The van der Waals surface area contributed by atoms with E-state index in [0.29, 0.717) is 11.4 Å². The van der Waals surface area contributed by atoms with Gasteiger partial charge < -0.3 is 5.32 Å². The van der Waals surface area contributed by atoms with Crippen molar-refractivity contribution in [3.05, 3.63) is 30.0 Å². The Hall–Kier alpha value is -1.64. The SMILES string of the molecule is C=Cc1c(C=O)ccnc1NC.[HH]. The first kappa shape index (κ1) is 8.46. The van der Waals surface area contributed by atoms with Crippen LogP contribution in [0.3, 0.4) is 0 Å². The zero-order valence-corrected chi connectivity index (χ0v) is 6.87. The van der Waals surface area contributed by atoms with E-state index in [0.717, 1.165) is 11.8 Å². The standard InChI is InChI=1S/C9H10N2O.H2/c1-3-8-7(6-12)4-5-11-9(8)10-2;/h3-6H,1H2,2H3,(H,10,11);1H. The molecule has 0 aliphatic rings. The summed E-state index contributed by atoms with van der Waals surface area (Å²) in [5.41, 5.74) is 1.35. The first-order valence-electron chi connectivity index (χ1n) is 3.58. The summed E-state index contributed by atoms with van der Waals surface area (Å²) in [4.78, 5) is 14.6. The number of nitrogens with one attached hydrogen (secondary N) is 1. The minimum absolute atomic E-state index is 0. The number of carbonyl (C=O) groups is 1. The van der Waals surface area contributed by atoms with Gasteiger partial charge in [0, 0.05) is 25.8 Å². The maximum atomic E-state index is 10.6. The molecule has 64 valence electrons. The van der Waals surface area contributed by atoms with Crippen molar-refractivity contribution >= 4 is 18.2 Å². The molecule has 0 aromatic carbocycles. The van der Waals surface area contributed by atoms with Gasteiger partial charge in [0.25, 0.3) is 0 Å². The highest BCUT2D eigenvalue weighted by Gasteiger charge is 2.02. The molecule has 12 heavy (non-hydrogen) atoms. The van der Waals surface area contributed by atoms with Gasteiger partial charge in [0.05, 0.1) is 0 Å². The Bertz CT molecular complexity index is 312. The van der Waals surface area contributed by atoms with Crippen LogP contribution >= 0.6 is 0 Å². The van der Waals surface area contributed by atoms with Gasteiger partial charge in [0.2, 0.25) is 0 Å². The Labute approximate surface area is 72.6 Å². The van der Waals surface area contributed by atoms with Gasteiger partial charge in [-0.3, -0.25) is 4.79 Å². The van der Waals surface area contributed by atoms with Crippen LogP contribution in [-0.4, -0.2) is 18.3 Å². The number of carbonyl (C=O) groups excluding carboxylic acids is 1. The lowest BCUT2D eigenvalue weighted by Gasteiger charge is -2.04. The van der Waals surface area contributed by atoms with Crippen molar-refractivity contribution in [3.8, 4) is 0 Å². The number of aldehydes is 1. The van der Waals surface area contributed by atoms with Crippen molar-refractivity contribution in [2.75, 3.05) is 12.4 Å².